The number of hydrogen-bond donors (Lipinski definition) is 1. The van der Waals surface area contributed by atoms with Gasteiger partial charge in [0.1, 0.15) is 5.82 Å². The van der Waals surface area contributed by atoms with E-state index in [1.54, 1.807) is 18.2 Å². The summed E-state index contributed by atoms with van der Waals surface area (Å²) in [5.74, 6) is -1.05. The number of amides is 2. The van der Waals surface area contributed by atoms with Crippen molar-refractivity contribution >= 4 is 17.5 Å². The van der Waals surface area contributed by atoms with Gasteiger partial charge < -0.3 is 19.8 Å². The van der Waals surface area contributed by atoms with Gasteiger partial charge in [-0.1, -0.05) is 53.7 Å². The summed E-state index contributed by atoms with van der Waals surface area (Å²) < 4.78 is 19.6. The van der Waals surface area contributed by atoms with E-state index >= 15 is 0 Å². The maximum atomic E-state index is 14.1. The number of oxime groups is 1. The lowest BCUT2D eigenvalue weighted by molar-refractivity contribution is -0.145. The van der Waals surface area contributed by atoms with Crippen LogP contribution in [-0.4, -0.2) is 54.3 Å². The average molecular weight is 439 g/mol. The van der Waals surface area contributed by atoms with E-state index in [-0.39, 0.29) is 37.4 Å². The molecule has 0 saturated carbocycles. The smallest absolute Gasteiger partial charge is 0.267 e. The van der Waals surface area contributed by atoms with Gasteiger partial charge in [0.05, 0.1) is 18.4 Å². The molecule has 0 spiro atoms. The molecular formula is C24H26FN3O4. The van der Waals surface area contributed by atoms with Crippen LogP contribution in [0, 0.1) is 5.82 Å². The molecule has 1 N–H and O–H groups in total. The van der Waals surface area contributed by atoms with Gasteiger partial charge in [-0.2, -0.15) is 0 Å². The van der Waals surface area contributed by atoms with E-state index in [0.29, 0.717) is 24.4 Å². The lowest BCUT2D eigenvalue weighted by Crippen LogP contribution is -2.45. The fourth-order valence-electron chi connectivity index (χ4n) is 3.85. The third-order valence-corrected chi connectivity index (χ3v) is 5.54. The molecule has 1 saturated heterocycles. The second-order valence-electron chi connectivity index (χ2n) is 7.94. The Balaban J connectivity index is 1.41. The van der Waals surface area contributed by atoms with E-state index in [4.69, 9.17) is 9.57 Å². The molecule has 8 heteroatoms. The first-order chi connectivity index (χ1) is 15.6. The van der Waals surface area contributed by atoms with E-state index in [1.807, 2.05) is 30.3 Å². The van der Waals surface area contributed by atoms with E-state index in [2.05, 4.69) is 10.5 Å². The summed E-state index contributed by atoms with van der Waals surface area (Å²) in [5.41, 5.74) is 1.58. The second-order valence-corrected chi connectivity index (χ2v) is 7.94. The first kappa shape index (κ1) is 22.0. The lowest BCUT2D eigenvalue weighted by atomic mass is 10.0. The quantitative estimate of drug-likeness (QED) is 0.686. The number of halogens is 1. The molecule has 7 nitrogen and oxygen atoms in total. The molecular weight excluding hydrogens is 413 g/mol. The Morgan fingerprint density at radius 2 is 1.91 bits per heavy atom. The highest BCUT2D eigenvalue weighted by Crippen LogP contribution is 2.21. The van der Waals surface area contributed by atoms with Crippen LogP contribution in [0.1, 0.15) is 30.4 Å². The first-order valence-electron chi connectivity index (χ1n) is 10.8. The zero-order chi connectivity index (χ0) is 22.3. The predicted octanol–water partition coefficient (Wildman–Crippen LogP) is 2.64. The van der Waals surface area contributed by atoms with E-state index in [1.165, 1.54) is 11.0 Å². The van der Waals surface area contributed by atoms with Crippen molar-refractivity contribution in [2.24, 2.45) is 5.16 Å². The zero-order valence-electron chi connectivity index (χ0n) is 17.7. The molecule has 2 aliphatic heterocycles. The highest BCUT2D eigenvalue weighted by atomic mass is 19.1. The molecule has 0 radical (unpaired) electrons. The molecule has 2 heterocycles. The Morgan fingerprint density at radius 1 is 1.12 bits per heavy atom. The maximum absolute atomic E-state index is 14.1. The van der Waals surface area contributed by atoms with Crippen molar-refractivity contribution in [2.75, 3.05) is 19.7 Å². The van der Waals surface area contributed by atoms with Crippen LogP contribution in [0.3, 0.4) is 0 Å². The Kier molecular flexibility index (Phi) is 7.11. The average Bonchev–Trinajstić information content (AvgIpc) is 3.50. The molecule has 0 bridgehead atoms. The Hall–Kier alpha value is -3.26. The summed E-state index contributed by atoms with van der Waals surface area (Å²) in [4.78, 5) is 32.6. The number of rotatable bonds is 8. The molecule has 0 aromatic heterocycles. The highest BCUT2D eigenvalue weighted by Gasteiger charge is 2.34. The number of hydrogen-bond acceptors (Lipinski definition) is 5. The molecule has 2 atom stereocenters. The summed E-state index contributed by atoms with van der Waals surface area (Å²) in [5, 5.41) is 6.79. The monoisotopic (exact) mass is 439 g/mol. The van der Waals surface area contributed by atoms with Gasteiger partial charge in [0.15, 0.2) is 0 Å². The van der Waals surface area contributed by atoms with Crippen molar-refractivity contribution < 1.29 is 23.6 Å². The molecule has 4 rings (SSSR count). The minimum atomic E-state index is -0.903. The summed E-state index contributed by atoms with van der Waals surface area (Å²) in [6, 6.07) is 15.7. The predicted molar refractivity (Wildman–Crippen MR) is 116 cm³/mol. The summed E-state index contributed by atoms with van der Waals surface area (Å²) in [7, 11) is 0. The standard InChI is InChI=1S/C24H26FN3O4/c25-20-11-5-4-10-19(20)21-13-22(32-27-21)24(30)28(15-17-7-2-1-3-8-17)16-23(29)26-14-18-9-6-12-31-18/h1-5,7-8,10-11,18,22H,6,9,12-16H2,(H,26,29). The fourth-order valence-corrected chi connectivity index (χ4v) is 3.85. The zero-order valence-corrected chi connectivity index (χ0v) is 17.7. The minimum Gasteiger partial charge on any atom is -0.382 e. The number of carbonyl (C=O) groups excluding carboxylic acids is 2. The SMILES string of the molecule is O=C(CN(Cc1ccccc1)C(=O)C1CC(c2ccccc2F)=NO1)NCC1CCCO1. The lowest BCUT2D eigenvalue weighted by Gasteiger charge is -2.24. The van der Waals surface area contributed by atoms with Gasteiger partial charge in [0, 0.05) is 31.7 Å². The summed E-state index contributed by atoms with van der Waals surface area (Å²) in [6.45, 7) is 1.27. The summed E-state index contributed by atoms with van der Waals surface area (Å²) in [6.07, 6.45) is 1.16. The van der Waals surface area contributed by atoms with Gasteiger partial charge in [0.2, 0.25) is 12.0 Å². The molecule has 32 heavy (non-hydrogen) atoms. The number of nitrogens with zero attached hydrogens (tertiary/aromatic N) is 2. The van der Waals surface area contributed by atoms with Gasteiger partial charge in [-0.25, -0.2) is 4.39 Å². The highest BCUT2D eigenvalue weighted by molar-refractivity contribution is 6.04. The number of nitrogens with one attached hydrogen (secondary N) is 1. The topological polar surface area (TPSA) is 80.2 Å². The Morgan fingerprint density at radius 3 is 2.66 bits per heavy atom. The maximum Gasteiger partial charge on any atom is 0.267 e. The Bertz CT molecular complexity index is 976. The third kappa shape index (κ3) is 5.50. The third-order valence-electron chi connectivity index (χ3n) is 5.54. The van der Waals surface area contributed by atoms with Crippen molar-refractivity contribution in [3.63, 3.8) is 0 Å². The molecule has 2 aliphatic rings. The minimum absolute atomic E-state index is 0.0205. The van der Waals surface area contributed by atoms with Crippen LogP contribution in [0.4, 0.5) is 4.39 Å². The van der Waals surface area contributed by atoms with Gasteiger partial charge in [-0.3, -0.25) is 9.59 Å². The van der Waals surface area contributed by atoms with Crippen LogP contribution >= 0.6 is 0 Å². The largest absolute Gasteiger partial charge is 0.382 e. The van der Waals surface area contributed by atoms with Crippen LogP contribution in [0.25, 0.3) is 0 Å². The van der Waals surface area contributed by atoms with Crippen LogP contribution in [-0.2, 0) is 25.7 Å². The van der Waals surface area contributed by atoms with Crippen LogP contribution in [0.2, 0.25) is 0 Å². The molecule has 0 aliphatic carbocycles. The normalized spacial score (nSPS) is 19.8. The van der Waals surface area contributed by atoms with Crippen molar-refractivity contribution in [1.82, 2.24) is 10.2 Å². The Labute approximate surface area is 186 Å². The molecule has 1 fully saturated rings. The number of ether oxygens (including phenoxy) is 1. The molecule has 168 valence electrons. The first-order valence-corrected chi connectivity index (χ1v) is 10.8. The van der Waals surface area contributed by atoms with Crippen molar-refractivity contribution in [1.29, 1.82) is 0 Å². The fraction of sp³-hybridized carbons (Fsp3) is 0.375. The van der Waals surface area contributed by atoms with Crippen molar-refractivity contribution in [3.05, 3.63) is 71.5 Å². The van der Waals surface area contributed by atoms with Crippen molar-refractivity contribution in [2.45, 2.75) is 38.0 Å². The van der Waals surface area contributed by atoms with Gasteiger partial charge in [-0.05, 0) is 24.5 Å². The van der Waals surface area contributed by atoms with E-state index in [9.17, 15) is 14.0 Å². The van der Waals surface area contributed by atoms with Gasteiger partial charge in [0.25, 0.3) is 5.91 Å². The van der Waals surface area contributed by atoms with Crippen molar-refractivity contribution in [3.8, 4) is 0 Å². The molecule has 2 aromatic rings. The second kappa shape index (κ2) is 10.4. The molecule has 2 unspecified atom stereocenters. The molecule has 2 amide bonds. The van der Waals surface area contributed by atoms with E-state index < -0.39 is 11.9 Å². The van der Waals surface area contributed by atoms with Gasteiger partial charge in [-0.15, -0.1) is 0 Å². The number of carbonyl (C=O) groups is 2. The van der Waals surface area contributed by atoms with E-state index in [0.717, 1.165) is 18.4 Å². The van der Waals surface area contributed by atoms with Crippen LogP contribution in [0.15, 0.2) is 59.8 Å². The van der Waals surface area contributed by atoms with Crippen LogP contribution < -0.4 is 5.32 Å². The number of benzene rings is 2. The van der Waals surface area contributed by atoms with Gasteiger partial charge >= 0.3 is 0 Å². The summed E-state index contributed by atoms with van der Waals surface area (Å²) >= 11 is 0. The molecule has 2 aromatic carbocycles. The van der Waals surface area contributed by atoms with Crippen LogP contribution in [0.5, 0.6) is 0 Å².